The molecule has 1 aliphatic heterocycles. The van der Waals surface area contributed by atoms with Gasteiger partial charge in [0.05, 0.1) is 27.4 Å². The van der Waals surface area contributed by atoms with Crippen molar-refractivity contribution in [3.05, 3.63) is 53.2 Å². The van der Waals surface area contributed by atoms with Crippen LogP contribution >= 0.6 is 22.7 Å². The number of hydrogen-bond acceptors (Lipinski definition) is 7. The summed E-state index contributed by atoms with van der Waals surface area (Å²) in [5.41, 5.74) is 3.84. The third kappa shape index (κ3) is 4.59. The van der Waals surface area contributed by atoms with Crippen LogP contribution in [0.15, 0.2) is 53.2 Å². The molecule has 0 radical (unpaired) electrons. The summed E-state index contributed by atoms with van der Waals surface area (Å²) in [5.74, 6) is 0. The van der Waals surface area contributed by atoms with Crippen LogP contribution in [0.5, 0.6) is 0 Å². The lowest BCUT2D eigenvalue weighted by Gasteiger charge is -2.34. The molecule has 34 heavy (non-hydrogen) atoms. The summed E-state index contributed by atoms with van der Waals surface area (Å²) >= 11 is 3.26. The molecule has 4 aromatic rings. The predicted octanol–water partition coefficient (Wildman–Crippen LogP) is 5.39. The van der Waals surface area contributed by atoms with Crippen molar-refractivity contribution in [3.63, 3.8) is 0 Å². The number of carbonyl (C=O) groups excluding carboxylic acids is 2. The molecule has 0 atom stereocenters. The Morgan fingerprint density at radius 1 is 0.912 bits per heavy atom. The van der Waals surface area contributed by atoms with Gasteiger partial charge >= 0.3 is 12.1 Å². The molecule has 3 aromatic heterocycles. The summed E-state index contributed by atoms with van der Waals surface area (Å²) in [6, 6.07) is 13.5. The van der Waals surface area contributed by atoms with Gasteiger partial charge < -0.3 is 19.9 Å². The van der Waals surface area contributed by atoms with Gasteiger partial charge in [-0.2, -0.15) is 0 Å². The second-order valence-electron chi connectivity index (χ2n) is 7.68. The first-order valence-corrected chi connectivity index (χ1v) is 12.8. The van der Waals surface area contributed by atoms with E-state index < -0.39 is 0 Å². The number of rotatable bonds is 4. The van der Waals surface area contributed by atoms with E-state index in [-0.39, 0.29) is 12.1 Å². The van der Waals surface area contributed by atoms with Crippen molar-refractivity contribution >= 4 is 51.5 Å². The molecule has 3 amide bonds. The van der Waals surface area contributed by atoms with Crippen LogP contribution in [0, 0.1) is 0 Å². The first-order valence-electron chi connectivity index (χ1n) is 11.0. The van der Waals surface area contributed by atoms with E-state index in [0.29, 0.717) is 44.0 Å². The molecule has 0 spiro atoms. The number of hydrogen-bond donors (Lipinski definition) is 1. The molecule has 1 N–H and O–H groups in total. The van der Waals surface area contributed by atoms with Gasteiger partial charge in [-0.3, -0.25) is 0 Å². The average Bonchev–Trinajstić information content (AvgIpc) is 3.58. The number of anilines is 1. The van der Waals surface area contributed by atoms with Crippen LogP contribution in [0.4, 0.5) is 15.3 Å². The lowest BCUT2D eigenvalue weighted by Crippen LogP contribution is -2.51. The summed E-state index contributed by atoms with van der Waals surface area (Å²) < 4.78 is 5.04. The molecule has 5 rings (SSSR count). The van der Waals surface area contributed by atoms with Crippen LogP contribution in [-0.4, -0.2) is 64.7 Å². The fraction of sp³-hybridized carbons (Fsp3) is 0.250. The van der Waals surface area contributed by atoms with E-state index >= 15 is 0 Å². The van der Waals surface area contributed by atoms with E-state index in [1.807, 2.05) is 53.2 Å². The molecule has 10 heteroatoms. The summed E-state index contributed by atoms with van der Waals surface area (Å²) in [6.07, 6.45) is -0.334. The minimum Gasteiger partial charge on any atom is -0.450 e. The Hall–Kier alpha value is -3.50. The Bertz CT molecular complexity index is 1300. The van der Waals surface area contributed by atoms with Gasteiger partial charge in [0.25, 0.3) is 0 Å². The smallest absolute Gasteiger partial charge is 0.409 e. The van der Waals surface area contributed by atoms with Crippen LogP contribution < -0.4 is 5.32 Å². The number of nitrogens with zero attached hydrogens (tertiary/aromatic N) is 4. The molecule has 174 valence electrons. The number of urea groups is 1. The molecule has 0 bridgehead atoms. The second-order valence-corrected chi connectivity index (χ2v) is 9.58. The molecule has 0 aliphatic carbocycles. The first kappa shape index (κ1) is 22.3. The van der Waals surface area contributed by atoms with Gasteiger partial charge in [0.15, 0.2) is 0 Å². The van der Waals surface area contributed by atoms with Crippen LogP contribution in [0.1, 0.15) is 6.92 Å². The van der Waals surface area contributed by atoms with E-state index in [1.165, 1.54) is 0 Å². The molecular weight excluding hydrogens is 470 g/mol. The number of benzene rings is 1. The Labute approximate surface area is 204 Å². The molecule has 0 saturated carbocycles. The van der Waals surface area contributed by atoms with E-state index in [1.54, 1.807) is 39.4 Å². The van der Waals surface area contributed by atoms with E-state index in [0.717, 1.165) is 26.7 Å². The number of piperazine rings is 1. The highest BCUT2D eigenvalue weighted by atomic mass is 32.1. The number of fused-ring (bicyclic) bond motifs is 1. The number of aromatic nitrogens is 2. The van der Waals surface area contributed by atoms with Crippen molar-refractivity contribution in [3.8, 4) is 21.1 Å². The van der Waals surface area contributed by atoms with Crippen molar-refractivity contribution in [2.24, 2.45) is 0 Å². The standard InChI is InChI=1S/C24H23N5O3S2/c1-2-32-24(31)29-11-9-28(10-12-29)23(30)25-16-7-8-17-18(15-16)27-22(20-6-4-14-34-20)21(26-17)19-5-3-13-33-19/h3-8,13-15H,2,9-12H2,1H3,(H,25,30). The van der Waals surface area contributed by atoms with Crippen molar-refractivity contribution in [2.45, 2.75) is 6.92 Å². The van der Waals surface area contributed by atoms with Gasteiger partial charge in [0.2, 0.25) is 0 Å². The average molecular weight is 494 g/mol. The van der Waals surface area contributed by atoms with E-state index in [4.69, 9.17) is 14.7 Å². The predicted molar refractivity (Wildman–Crippen MR) is 135 cm³/mol. The van der Waals surface area contributed by atoms with Crippen LogP contribution in [-0.2, 0) is 4.74 Å². The van der Waals surface area contributed by atoms with Gasteiger partial charge in [-0.1, -0.05) is 12.1 Å². The Kier molecular flexibility index (Phi) is 6.41. The minimum absolute atomic E-state index is 0.204. The van der Waals surface area contributed by atoms with Gasteiger partial charge in [-0.05, 0) is 48.0 Å². The van der Waals surface area contributed by atoms with Gasteiger partial charge in [0.1, 0.15) is 11.4 Å². The normalized spacial score (nSPS) is 13.8. The zero-order chi connectivity index (χ0) is 23.5. The molecular formula is C24H23N5O3S2. The molecule has 1 saturated heterocycles. The summed E-state index contributed by atoms with van der Waals surface area (Å²) in [6.45, 7) is 3.92. The first-order chi connectivity index (χ1) is 16.6. The number of nitrogens with one attached hydrogen (secondary N) is 1. The lowest BCUT2D eigenvalue weighted by atomic mass is 10.2. The third-order valence-corrected chi connectivity index (χ3v) is 7.27. The number of thiophene rings is 2. The summed E-state index contributed by atoms with van der Waals surface area (Å²) in [5, 5.41) is 7.02. The molecule has 4 heterocycles. The monoisotopic (exact) mass is 493 g/mol. The fourth-order valence-electron chi connectivity index (χ4n) is 3.81. The minimum atomic E-state index is -0.334. The molecule has 8 nitrogen and oxygen atoms in total. The van der Waals surface area contributed by atoms with Crippen LogP contribution in [0.3, 0.4) is 0 Å². The second kappa shape index (κ2) is 9.78. The van der Waals surface area contributed by atoms with Gasteiger partial charge in [-0.25, -0.2) is 19.6 Å². The quantitative estimate of drug-likeness (QED) is 0.412. The molecule has 1 aliphatic rings. The van der Waals surface area contributed by atoms with Crippen molar-refractivity contribution in [2.75, 3.05) is 38.1 Å². The fourth-order valence-corrected chi connectivity index (χ4v) is 5.24. The molecule has 1 aromatic carbocycles. The molecule has 1 fully saturated rings. The SMILES string of the molecule is CCOC(=O)N1CCN(C(=O)Nc2ccc3nc(-c4cccs4)c(-c4cccs4)nc3c2)CC1. The van der Waals surface area contributed by atoms with Crippen LogP contribution in [0.25, 0.3) is 32.2 Å². The van der Waals surface area contributed by atoms with Crippen molar-refractivity contribution in [1.29, 1.82) is 0 Å². The highest BCUT2D eigenvalue weighted by Gasteiger charge is 2.25. The number of ether oxygens (including phenoxy) is 1. The number of carbonyl (C=O) groups is 2. The highest BCUT2D eigenvalue weighted by Crippen LogP contribution is 2.35. The van der Waals surface area contributed by atoms with Gasteiger partial charge in [0, 0.05) is 31.9 Å². The maximum Gasteiger partial charge on any atom is 0.409 e. The van der Waals surface area contributed by atoms with Crippen molar-refractivity contribution < 1.29 is 14.3 Å². The summed E-state index contributed by atoms with van der Waals surface area (Å²) in [4.78, 5) is 40.0. The zero-order valence-corrected chi connectivity index (χ0v) is 20.2. The number of amides is 3. The Balaban J connectivity index is 1.36. The summed E-state index contributed by atoms with van der Waals surface area (Å²) in [7, 11) is 0. The zero-order valence-electron chi connectivity index (χ0n) is 18.6. The molecule has 0 unspecified atom stereocenters. The maximum absolute atomic E-state index is 12.8. The maximum atomic E-state index is 12.8. The van der Waals surface area contributed by atoms with Gasteiger partial charge in [-0.15, -0.1) is 22.7 Å². The highest BCUT2D eigenvalue weighted by molar-refractivity contribution is 7.14. The van der Waals surface area contributed by atoms with Crippen molar-refractivity contribution in [1.82, 2.24) is 19.8 Å². The lowest BCUT2D eigenvalue weighted by molar-refractivity contribution is 0.0868. The topological polar surface area (TPSA) is 87.7 Å². The Morgan fingerprint density at radius 3 is 2.12 bits per heavy atom. The van der Waals surface area contributed by atoms with E-state index in [2.05, 4.69) is 5.32 Å². The van der Waals surface area contributed by atoms with Crippen LogP contribution in [0.2, 0.25) is 0 Å². The largest absolute Gasteiger partial charge is 0.450 e. The van der Waals surface area contributed by atoms with E-state index in [9.17, 15) is 9.59 Å². The Morgan fingerprint density at radius 2 is 1.53 bits per heavy atom. The third-order valence-electron chi connectivity index (χ3n) is 5.52.